The summed E-state index contributed by atoms with van der Waals surface area (Å²) in [7, 11) is 0. The molecule has 0 bridgehead atoms. The van der Waals surface area contributed by atoms with Gasteiger partial charge in [0.1, 0.15) is 0 Å². The monoisotopic (exact) mass is 294 g/mol. The van der Waals surface area contributed by atoms with E-state index in [4.69, 9.17) is 0 Å². The highest BCUT2D eigenvalue weighted by atomic mass is 16.2. The van der Waals surface area contributed by atoms with Crippen LogP contribution in [0.2, 0.25) is 0 Å². The number of hydrogen-bond donors (Lipinski definition) is 1. The second-order valence-corrected chi connectivity index (χ2v) is 7.25. The van der Waals surface area contributed by atoms with E-state index in [0.717, 1.165) is 25.2 Å². The lowest BCUT2D eigenvalue weighted by atomic mass is 9.92. The number of rotatable bonds is 6. The first-order chi connectivity index (χ1) is 10.0. The first-order valence-corrected chi connectivity index (χ1v) is 9.13. The lowest BCUT2D eigenvalue weighted by Gasteiger charge is -2.34. The molecule has 0 aromatic heterocycles. The van der Waals surface area contributed by atoms with Gasteiger partial charge in [0.05, 0.1) is 12.2 Å². The lowest BCUT2D eigenvalue weighted by Crippen LogP contribution is -2.46. The summed E-state index contributed by atoms with van der Waals surface area (Å²) in [5, 5.41) is 3.65. The molecule has 2 fully saturated rings. The van der Waals surface area contributed by atoms with Crippen LogP contribution in [0.15, 0.2) is 0 Å². The first kappa shape index (κ1) is 16.8. The van der Waals surface area contributed by atoms with Gasteiger partial charge in [-0.05, 0) is 37.0 Å². The standard InChI is InChI=1S/C18H34N2O/c1-6-9-16-19-17(12(4)7-2)18(21)20(16)15-11-10-14(8-3)13(15)5/h12-17,19H,6-11H2,1-5H3. The second kappa shape index (κ2) is 7.13. The van der Waals surface area contributed by atoms with Crippen molar-refractivity contribution >= 4 is 5.91 Å². The molecule has 1 saturated heterocycles. The van der Waals surface area contributed by atoms with Gasteiger partial charge in [0.15, 0.2) is 0 Å². The SMILES string of the molecule is CCCC1NC(C(C)CC)C(=O)N1C1CCC(CC)C1C. The van der Waals surface area contributed by atoms with Crippen LogP contribution in [0.1, 0.15) is 73.1 Å². The van der Waals surface area contributed by atoms with Crippen LogP contribution in [-0.2, 0) is 4.79 Å². The number of carbonyl (C=O) groups is 1. The summed E-state index contributed by atoms with van der Waals surface area (Å²) in [5.41, 5.74) is 0. The molecule has 0 radical (unpaired) electrons. The third kappa shape index (κ3) is 3.13. The highest BCUT2D eigenvalue weighted by Gasteiger charge is 2.47. The third-order valence-electron chi connectivity index (χ3n) is 6.07. The van der Waals surface area contributed by atoms with E-state index in [-0.39, 0.29) is 12.2 Å². The average molecular weight is 294 g/mol. The van der Waals surface area contributed by atoms with Gasteiger partial charge in [-0.1, -0.05) is 53.9 Å². The largest absolute Gasteiger partial charge is 0.323 e. The Bertz CT molecular complexity index is 357. The summed E-state index contributed by atoms with van der Waals surface area (Å²) in [5.74, 6) is 2.25. The zero-order valence-electron chi connectivity index (χ0n) is 14.6. The predicted molar refractivity (Wildman–Crippen MR) is 87.9 cm³/mol. The molecule has 2 rings (SSSR count). The molecule has 6 atom stereocenters. The predicted octanol–water partition coefficient (Wildman–Crippen LogP) is 3.78. The zero-order chi connectivity index (χ0) is 15.6. The van der Waals surface area contributed by atoms with Crippen molar-refractivity contribution in [1.82, 2.24) is 10.2 Å². The maximum Gasteiger partial charge on any atom is 0.241 e. The van der Waals surface area contributed by atoms with Crippen LogP contribution in [0.25, 0.3) is 0 Å². The van der Waals surface area contributed by atoms with Crippen LogP contribution >= 0.6 is 0 Å². The molecule has 1 amide bonds. The van der Waals surface area contributed by atoms with Gasteiger partial charge in [0.25, 0.3) is 0 Å². The van der Waals surface area contributed by atoms with E-state index in [1.165, 1.54) is 19.3 Å². The van der Waals surface area contributed by atoms with Crippen molar-refractivity contribution in [2.45, 2.75) is 91.4 Å². The van der Waals surface area contributed by atoms with E-state index in [2.05, 4.69) is 44.8 Å². The van der Waals surface area contributed by atoms with E-state index in [1.54, 1.807) is 0 Å². The van der Waals surface area contributed by atoms with Crippen LogP contribution < -0.4 is 5.32 Å². The van der Waals surface area contributed by atoms with Gasteiger partial charge in [-0.3, -0.25) is 10.1 Å². The van der Waals surface area contributed by atoms with E-state index < -0.39 is 0 Å². The Kier molecular flexibility index (Phi) is 5.70. The maximum absolute atomic E-state index is 13.0. The minimum Gasteiger partial charge on any atom is -0.323 e. The summed E-state index contributed by atoms with van der Waals surface area (Å²) in [6.45, 7) is 11.3. The van der Waals surface area contributed by atoms with Gasteiger partial charge in [-0.15, -0.1) is 0 Å². The van der Waals surface area contributed by atoms with Crippen molar-refractivity contribution in [1.29, 1.82) is 0 Å². The summed E-state index contributed by atoms with van der Waals surface area (Å²) in [6.07, 6.45) is 7.28. The molecular weight excluding hydrogens is 260 g/mol. The Balaban J connectivity index is 2.16. The first-order valence-electron chi connectivity index (χ1n) is 9.13. The van der Waals surface area contributed by atoms with Gasteiger partial charge in [0.2, 0.25) is 5.91 Å². The molecule has 1 heterocycles. The molecule has 6 unspecified atom stereocenters. The normalized spacial score (nSPS) is 38.2. The van der Waals surface area contributed by atoms with E-state index in [9.17, 15) is 4.79 Å². The van der Waals surface area contributed by atoms with E-state index >= 15 is 0 Å². The molecule has 1 aliphatic carbocycles. The van der Waals surface area contributed by atoms with Gasteiger partial charge < -0.3 is 4.90 Å². The van der Waals surface area contributed by atoms with E-state index in [1.807, 2.05) is 0 Å². The van der Waals surface area contributed by atoms with Crippen LogP contribution in [0.3, 0.4) is 0 Å². The van der Waals surface area contributed by atoms with Crippen molar-refractivity contribution in [2.75, 3.05) is 0 Å². The zero-order valence-corrected chi connectivity index (χ0v) is 14.6. The number of nitrogens with zero attached hydrogens (tertiary/aromatic N) is 1. The van der Waals surface area contributed by atoms with Crippen molar-refractivity contribution in [3.8, 4) is 0 Å². The number of carbonyl (C=O) groups excluding carboxylic acids is 1. The van der Waals surface area contributed by atoms with Crippen LogP contribution in [0, 0.1) is 17.8 Å². The Morgan fingerprint density at radius 2 is 2.00 bits per heavy atom. The molecule has 3 nitrogen and oxygen atoms in total. The highest BCUT2D eigenvalue weighted by molar-refractivity contribution is 5.85. The van der Waals surface area contributed by atoms with Crippen LogP contribution in [0.4, 0.5) is 0 Å². The summed E-state index contributed by atoms with van der Waals surface area (Å²) < 4.78 is 0. The van der Waals surface area contributed by atoms with Crippen LogP contribution in [-0.4, -0.2) is 29.1 Å². The highest BCUT2D eigenvalue weighted by Crippen LogP contribution is 2.39. The third-order valence-corrected chi connectivity index (χ3v) is 6.07. The molecular formula is C18H34N2O. The number of hydrogen-bond acceptors (Lipinski definition) is 2. The number of amides is 1. The molecule has 3 heteroatoms. The fourth-order valence-electron chi connectivity index (χ4n) is 4.40. The van der Waals surface area contributed by atoms with Gasteiger partial charge >= 0.3 is 0 Å². The molecule has 122 valence electrons. The smallest absolute Gasteiger partial charge is 0.241 e. The molecule has 1 aliphatic heterocycles. The summed E-state index contributed by atoms with van der Waals surface area (Å²) in [6, 6.07) is 0.500. The van der Waals surface area contributed by atoms with Crippen molar-refractivity contribution in [3.63, 3.8) is 0 Å². The second-order valence-electron chi connectivity index (χ2n) is 7.25. The minimum absolute atomic E-state index is 0.0411. The molecule has 2 aliphatic rings. The molecule has 21 heavy (non-hydrogen) atoms. The molecule has 0 spiro atoms. The van der Waals surface area contributed by atoms with Gasteiger partial charge in [-0.25, -0.2) is 0 Å². The Morgan fingerprint density at radius 1 is 1.29 bits per heavy atom. The van der Waals surface area contributed by atoms with Gasteiger partial charge in [-0.2, -0.15) is 0 Å². The average Bonchev–Trinajstić information content (AvgIpc) is 2.99. The molecule has 1 saturated carbocycles. The van der Waals surface area contributed by atoms with Crippen molar-refractivity contribution in [2.24, 2.45) is 17.8 Å². The Hall–Kier alpha value is -0.570. The topological polar surface area (TPSA) is 32.3 Å². The Labute approximate surface area is 130 Å². The fraction of sp³-hybridized carbons (Fsp3) is 0.944. The quantitative estimate of drug-likeness (QED) is 0.808. The van der Waals surface area contributed by atoms with Gasteiger partial charge in [0, 0.05) is 6.04 Å². The molecule has 1 N–H and O–H groups in total. The van der Waals surface area contributed by atoms with Crippen LogP contribution in [0.5, 0.6) is 0 Å². The number of nitrogens with one attached hydrogen (secondary N) is 1. The van der Waals surface area contributed by atoms with Crippen molar-refractivity contribution < 1.29 is 4.79 Å². The fourth-order valence-corrected chi connectivity index (χ4v) is 4.40. The summed E-state index contributed by atoms with van der Waals surface area (Å²) >= 11 is 0. The van der Waals surface area contributed by atoms with Crippen molar-refractivity contribution in [3.05, 3.63) is 0 Å². The Morgan fingerprint density at radius 3 is 2.52 bits per heavy atom. The van der Waals surface area contributed by atoms with E-state index in [0.29, 0.717) is 23.8 Å². The lowest BCUT2D eigenvalue weighted by molar-refractivity contribution is -0.134. The maximum atomic E-state index is 13.0. The minimum atomic E-state index is 0.0411. The molecule has 0 aromatic carbocycles. The summed E-state index contributed by atoms with van der Waals surface area (Å²) in [4.78, 5) is 15.2. The molecule has 0 aromatic rings.